The molecule has 0 N–H and O–H groups in total. The first kappa shape index (κ1) is 23.5. The van der Waals surface area contributed by atoms with Gasteiger partial charge in [0.25, 0.3) is 0 Å². The number of hydrogen-bond donors (Lipinski definition) is 0. The average molecular weight is 490 g/mol. The highest BCUT2D eigenvalue weighted by molar-refractivity contribution is 7.89. The molecular formula is C28H27NO5S. The van der Waals surface area contributed by atoms with Crippen LogP contribution in [0.15, 0.2) is 102 Å². The van der Waals surface area contributed by atoms with Crippen LogP contribution in [0.25, 0.3) is 0 Å². The Hall–Kier alpha value is -3.26. The maximum atomic E-state index is 14.3. The van der Waals surface area contributed by atoms with Gasteiger partial charge in [0.15, 0.2) is 11.3 Å². The van der Waals surface area contributed by atoms with Crippen LogP contribution in [-0.2, 0) is 29.9 Å². The van der Waals surface area contributed by atoms with Gasteiger partial charge in [-0.2, -0.15) is 4.31 Å². The van der Waals surface area contributed by atoms with Crippen LogP contribution in [0.1, 0.15) is 36.1 Å². The lowest BCUT2D eigenvalue weighted by Crippen LogP contribution is -2.60. The second-order valence-corrected chi connectivity index (χ2v) is 11.0. The molecule has 0 spiro atoms. The molecule has 0 aromatic heterocycles. The van der Waals surface area contributed by atoms with Crippen LogP contribution in [0.5, 0.6) is 0 Å². The number of carbonyl (C=O) groups is 1. The summed E-state index contributed by atoms with van der Waals surface area (Å²) in [5, 5.41) is 0. The number of benzene rings is 3. The molecule has 0 bridgehead atoms. The molecule has 6 nitrogen and oxygen atoms in total. The highest BCUT2D eigenvalue weighted by atomic mass is 32.2. The minimum atomic E-state index is -4.09. The lowest BCUT2D eigenvalue weighted by atomic mass is 9.80. The zero-order valence-corrected chi connectivity index (χ0v) is 20.5. The van der Waals surface area contributed by atoms with Gasteiger partial charge in [-0.1, -0.05) is 84.9 Å². The average Bonchev–Trinajstić information content (AvgIpc) is 3.39. The molecule has 3 atom stereocenters. The second kappa shape index (κ2) is 8.45. The largest absolute Gasteiger partial charge is 0.446 e. The highest BCUT2D eigenvalue weighted by Gasteiger charge is 2.67. The van der Waals surface area contributed by atoms with E-state index in [1.54, 1.807) is 31.2 Å². The van der Waals surface area contributed by atoms with Crippen molar-refractivity contribution < 1.29 is 22.7 Å². The molecule has 5 rings (SSSR count). The molecule has 0 amide bonds. The third kappa shape index (κ3) is 3.62. The van der Waals surface area contributed by atoms with Crippen LogP contribution in [0.4, 0.5) is 0 Å². The van der Waals surface area contributed by atoms with Crippen LogP contribution in [0.2, 0.25) is 0 Å². The molecule has 0 saturated carbocycles. The van der Waals surface area contributed by atoms with Gasteiger partial charge in [0.05, 0.1) is 17.5 Å². The zero-order valence-electron chi connectivity index (χ0n) is 19.7. The summed E-state index contributed by atoms with van der Waals surface area (Å²) in [4.78, 5) is 12.9. The van der Waals surface area contributed by atoms with Gasteiger partial charge in [0.1, 0.15) is 0 Å². The first-order chi connectivity index (χ1) is 16.7. The van der Waals surface area contributed by atoms with Gasteiger partial charge in [0, 0.05) is 17.6 Å². The first-order valence-electron chi connectivity index (χ1n) is 11.5. The van der Waals surface area contributed by atoms with E-state index < -0.39 is 33.4 Å². The number of esters is 1. The van der Waals surface area contributed by atoms with E-state index in [-0.39, 0.29) is 23.5 Å². The van der Waals surface area contributed by atoms with Crippen LogP contribution in [-0.4, -0.2) is 31.0 Å². The van der Waals surface area contributed by atoms with E-state index in [9.17, 15) is 13.2 Å². The molecule has 0 aliphatic carbocycles. The molecule has 7 heteroatoms. The summed E-state index contributed by atoms with van der Waals surface area (Å²) in [5.74, 6) is -0.561. The summed E-state index contributed by atoms with van der Waals surface area (Å²) in [7, 11) is -4.09. The van der Waals surface area contributed by atoms with Gasteiger partial charge in [-0.3, -0.25) is 0 Å². The fourth-order valence-corrected chi connectivity index (χ4v) is 7.01. The van der Waals surface area contributed by atoms with E-state index >= 15 is 0 Å². The molecule has 3 aromatic rings. The van der Waals surface area contributed by atoms with Crippen molar-refractivity contribution in [2.45, 2.75) is 42.5 Å². The molecule has 2 heterocycles. The monoisotopic (exact) mass is 489 g/mol. The van der Waals surface area contributed by atoms with Gasteiger partial charge < -0.3 is 9.47 Å². The van der Waals surface area contributed by atoms with Crippen molar-refractivity contribution in [3.8, 4) is 0 Å². The van der Waals surface area contributed by atoms with Gasteiger partial charge in [0.2, 0.25) is 10.0 Å². The summed E-state index contributed by atoms with van der Waals surface area (Å²) in [6.45, 7) is 7.59. The highest BCUT2D eigenvalue weighted by Crippen LogP contribution is 2.56. The summed E-state index contributed by atoms with van der Waals surface area (Å²) < 4.78 is 42.5. The fraction of sp³-hybridized carbons (Fsp3) is 0.250. The molecule has 2 fully saturated rings. The van der Waals surface area contributed by atoms with Crippen molar-refractivity contribution in [1.29, 1.82) is 0 Å². The van der Waals surface area contributed by atoms with Crippen molar-refractivity contribution in [3.05, 3.63) is 114 Å². The Balaban J connectivity index is 1.75. The molecule has 35 heavy (non-hydrogen) atoms. The molecule has 0 radical (unpaired) electrons. The normalized spacial score (nSPS) is 27.2. The van der Waals surface area contributed by atoms with Crippen molar-refractivity contribution >= 4 is 16.0 Å². The molecular weight excluding hydrogens is 462 g/mol. The summed E-state index contributed by atoms with van der Waals surface area (Å²) in [6.07, 6.45) is 0.105. The number of sulfonamides is 1. The predicted octanol–water partition coefficient (Wildman–Crippen LogP) is 4.87. The van der Waals surface area contributed by atoms with E-state index in [0.717, 1.165) is 11.1 Å². The van der Waals surface area contributed by atoms with Crippen LogP contribution < -0.4 is 0 Å². The second-order valence-electron chi connectivity index (χ2n) is 9.20. The number of ether oxygens (including phenoxy) is 2. The van der Waals surface area contributed by atoms with Gasteiger partial charge >= 0.3 is 5.97 Å². The number of carbonyl (C=O) groups excluding carboxylic acids is 1. The Morgan fingerprint density at radius 2 is 1.54 bits per heavy atom. The molecule has 3 aromatic carbocycles. The van der Waals surface area contributed by atoms with Gasteiger partial charge in [-0.05, 0) is 31.5 Å². The van der Waals surface area contributed by atoms with E-state index in [2.05, 4.69) is 6.58 Å². The van der Waals surface area contributed by atoms with Crippen LogP contribution in [0.3, 0.4) is 0 Å². The van der Waals surface area contributed by atoms with Gasteiger partial charge in [-0.15, -0.1) is 0 Å². The summed E-state index contributed by atoms with van der Waals surface area (Å²) >= 11 is 0. The predicted molar refractivity (Wildman–Crippen MR) is 132 cm³/mol. The number of nitrogens with zero attached hydrogens (tertiary/aromatic N) is 1. The lowest BCUT2D eigenvalue weighted by Gasteiger charge is -2.46. The lowest BCUT2D eigenvalue weighted by molar-refractivity contribution is -0.205. The summed E-state index contributed by atoms with van der Waals surface area (Å²) in [5.41, 5.74) is -0.303. The number of cyclic esters (lactones) is 1. The minimum absolute atomic E-state index is 0.101. The SMILES string of the molecule is C=C1C[C@@](c2ccccc2)([C@]2(C)OC[C@@H](c3ccccc3)N2S(=O)(=O)c2ccc(C)cc2)OC1=O. The van der Waals surface area contributed by atoms with Crippen LogP contribution >= 0.6 is 0 Å². The molecule has 2 aliphatic rings. The third-order valence-corrected chi connectivity index (χ3v) is 8.98. The Kier molecular flexibility index (Phi) is 5.67. The Morgan fingerprint density at radius 1 is 0.943 bits per heavy atom. The van der Waals surface area contributed by atoms with E-state index in [1.807, 2.05) is 67.6 Å². The zero-order chi connectivity index (χ0) is 24.8. The maximum absolute atomic E-state index is 14.3. The summed E-state index contributed by atoms with van der Waals surface area (Å²) in [6, 6.07) is 24.7. The number of rotatable bonds is 5. The standard InChI is InChI=1S/C28H27NO5S/c1-20-14-16-24(17-15-20)35(31,32)29-25(22-10-6-4-7-11-22)19-33-27(29,3)28(18-21(2)26(30)34-28)23-12-8-5-9-13-23/h4-17,25H,2,18-19H2,1,3H3/t25-,27-,28+/m0/s1. The van der Waals surface area contributed by atoms with E-state index in [1.165, 1.54) is 4.31 Å². The van der Waals surface area contributed by atoms with Crippen molar-refractivity contribution in [2.75, 3.05) is 6.61 Å². The minimum Gasteiger partial charge on any atom is -0.446 e. The van der Waals surface area contributed by atoms with Crippen molar-refractivity contribution in [3.63, 3.8) is 0 Å². The Labute approximate surface area is 205 Å². The quantitative estimate of drug-likeness (QED) is 0.378. The smallest absolute Gasteiger partial charge is 0.334 e. The molecule has 2 saturated heterocycles. The van der Waals surface area contributed by atoms with Crippen molar-refractivity contribution in [1.82, 2.24) is 4.31 Å². The topological polar surface area (TPSA) is 72.9 Å². The third-order valence-electron chi connectivity index (χ3n) is 7.00. The molecule has 0 unspecified atom stereocenters. The van der Waals surface area contributed by atoms with E-state index in [4.69, 9.17) is 9.47 Å². The van der Waals surface area contributed by atoms with Gasteiger partial charge in [-0.25, -0.2) is 13.2 Å². The fourth-order valence-electron chi connectivity index (χ4n) is 5.13. The van der Waals surface area contributed by atoms with Crippen molar-refractivity contribution in [2.24, 2.45) is 0 Å². The first-order valence-corrected chi connectivity index (χ1v) is 12.9. The molecule has 2 aliphatic heterocycles. The van der Waals surface area contributed by atoms with Crippen LogP contribution in [0, 0.1) is 6.92 Å². The Morgan fingerprint density at radius 3 is 2.11 bits per heavy atom. The van der Waals surface area contributed by atoms with E-state index in [0.29, 0.717) is 5.56 Å². The number of aryl methyl sites for hydroxylation is 1. The maximum Gasteiger partial charge on any atom is 0.334 e. The molecule has 180 valence electrons. The Bertz CT molecular complexity index is 1350. The number of hydrogen-bond acceptors (Lipinski definition) is 5.